The molecule has 6 nitrogen and oxygen atoms in total. The summed E-state index contributed by atoms with van der Waals surface area (Å²) in [6.07, 6.45) is 2.59. The molecule has 1 aromatic rings. The van der Waals surface area contributed by atoms with Crippen molar-refractivity contribution in [3.05, 3.63) is 16.1 Å². The van der Waals surface area contributed by atoms with E-state index in [4.69, 9.17) is 5.73 Å². The number of guanidine groups is 1. The quantitative estimate of drug-likeness (QED) is 0.645. The van der Waals surface area contributed by atoms with Gasteiger partial charge in [0.1, 0.15) is 0 Å². The number of aliphatic imine (C=N–C) groups is 1. The van der Waals surface area contributed by atoms with Crippen molar-refractivity contribution in [2.75, 3.05) is 20.1 Å². The van der Waals surface area contributed by atoms with Gasteiger partial charge < -0.3 is 16.0 Å². The fourth-order valence-electron chi connectivity index (χ4n) is 2.70. The lowest BCUT2D eigenvalue weighted by atomic mass is 9.95. The van der Waals surface area contributed by atoms with E-state index in [-0.39, 0.29) is 5.91 Å². The maximum absolute atomic E-state index is 11.1. The topological polar surface area (TPSA) is 83.6 Å². The second kappa shape index (κ2) is 7.40. The first-order chi connectivity index (χ1) is 10.1. The summed E-state index contributed by atoms with van der Waals surface area (Å²) in [7, 11) is 1.79. The van der Waals surface area contributed by atoms with Crippen molar-refractivity contribution in [1.82, 2.24) is 15.2 Å². The summed E-state index contributed by atoms with van der Waals surface area (Å²) in [5, 5.41) is 3.39. The van der Waals surface area contributed by atoms with Crippen LogP contribution in [-0.4, -0.2) is 41.9 Å². The van der Waals surface area contributed by atoms with Crippen LogP contribution in [0.25, 0.3) is 0 Å². The molecule has 1 aliphatic heterocycles. The Balaban J connectivity index is 1.91. The summed E-state index contributed by atoms with van der Waals surface area (Å²) in [6.45, 7) is 4.56. The van der Waals surface area contributed by atoms with E-state index in [0.29, 0.717) is 12.3 Å². The van der Waals surface area contributed by atoms with Crippen LogP contribution in [0.4, 0.5) is 0 Å². The SMILES string of the molecule is CN=C(NCc1scnc1C)N1CCCC(CC(N)=O)C1. The molecule has 0 saturated carbocycles. The number of likely N-dealkylation sites (tertiary alicyclic amines) is 1. The molecule has 2 heterocycles. The molecule has 0 aromatic carbocycles. The summed E-state index contributed by atoms with van der Waals surface area (Å²) in [5.41, 5.74) is 8.23. The van der Waals surface area contributed by atoms with Crippen LogP contribution in [0.15, 0.2) is 10.5 Å². The molecule has 1 fully saturated rings. The third-order valence-corrected chi connectivity index (χ3v) is 4.71. The van der Waals surface area contributed by atoms with Crippen molar-refractivity contribution < 1.29 is 4.79 Å². The van der Waals surface area contributed by atoms with Gasteiger partial charge in [-0.15, -0.1) is 11.3 Å². The average molecular weight is 309 g/mol. The van der Waals surface area contributed by atoms with Gasteiger partial charge in [-0.25, -0.2) is 4.98 Å². The predicted molar refractivity (Wildman–Crippen MR) is 85.2 cm³/mol. The molecule has 1 saturated heterocycles. The molecule has 21 heavy (non-hydrogen) atoms. The van der Waals surface area contributed by atoms with E-state index in [1.54, 1.807) is 18.4 Å². The van der Waals surface area contributed by atoms with Gasteiger partial charge in [0.15, 0.2) is 5.96 Å². The molecule has 1 aromatic heterocycles. The van der Waals surface area contributed by atoms with Crippen LogP contribution in [0.3, 0.4) is 0 Å². The maximum atomic E-state index is 11.1. The normalized spacial score (nSPS) is 19.6. The highest BCUT2D eigenvalue weighted by atomic mass is 32.1. The minimum absolute atomic E-state index is 0.218. The van der Waals surface area contributed by atoms with Gasteiger partial charge in [0.25, 0.3) is 0 Å². The van der Waals surface area contributed by atoms with Crippen LogP contribution in [-0.2, 0) is 11.3 Å². The van der Waals surface area contributed by atoms with E-state index in [2.05, 4.69) is 20.2 Å². The molecule has 0 radical (unpaired) electrons. The van der Waals surface area contributed by atoms with E-state index in [1.165, 1.54) is 4.88 Å². The van der Waals surface area contributed by atoms with Gasteiger partial charge in [0.2, 0.25) is 5.91 Å². The van der Waals surface area contributed by atoms with Gasteiger partial charge in [0.05, 0.1) is 17.7 Å². The van der Waals surface area contributed by atoms with Gasteiger partial charge in [0, 0.05) is 31.4 Å². The van der Waals surface area contributed by atoms with Crippen LogP contribution >= 0.6 is 11.3 Å². The van der Waals surface area contributed by atoms with Gasteiger partial charge in [-0.2, -0.15) is 0 Å². The van der Waals surface area contributed by atoms with Crippen LogP contribution in [0.1, 0.15) is 29.8 Å². The second-order valence-electron chi connectivity index (χ2n) is 5.39. The predicted octanol–water partition coefficient (Wildman–Crippen LogP) is 1.11. The van der Waals surface area contributed by atoms with Crippen molar-refractivity contribution in [3.63, 3.8) is 0 Å². The maximum Gasteiger partial charge on any atom is 0.217 e. The number of nitrogens with two attached hydrogens (primary N) is 1. The molecule has 2 rings (SSSR count). The van der Waals surface area contributed by atoms with Crippen LogP contribution in [0.2, 0.25) is 0 Å². The Hall–Kier alpha value is -1.63. The summed E-state index contributed by atoms with van der Waals surface area (Å²) in [5.74, 6) is 1.00. The summed E-state index contributed by atoms with van der Waals surface area (Å²) >= 11 is 1.65. The standard InChI is InChI=1S/C14H23N5OS/c1-10-12(21-9-18-10)7-17-14(16-2)19-5-3-4-11(8-19)6-13(15)20/h9,11H,3-8H2,1-2H3,(H2,15,20)(H,16,17). The number of primary amides is 1. The molecular weight excluding hydrogens is 286 g/mol. The number of carbonyl (C=O) groups excluding carboxylic acids is 1. The Morgan fingerprint density at radius 1 is 1.67 bits per heavy atom. The first-order valence-electron chi connectivity index (χ1n) is 7.23. The number of thiazole rings is 1. The van der Waals surface area contributed by atoms with Crippen molar-refractivity contribution in [1.29, 1.82) is 0 Å². The van der Waals surface area contributed by atoms with Crippen molar-refractivity contribution in [2.24, 2.45) is 16.6 Å². The number of nitrogens with one attached hydrogen (secondary N) is 1. The van der Waals surface area contributed by atoms with E-state index in [9.17, 15) is 4.79 Å². The Kier molecular flexibility index (Phi) is 5.55. The lowest BCUT2D eigenvalue weighted by Crippen LogP contribution is -2.46. The zero-order valence-electron chi connectivity index (χ0n) is 12.6. The van der Waals surface area contributed by atoms with E-state index < -0.39 is 0 Å². The fourth-order valence-corrected chi connectivity index (χ4v) is 3.41. The molecule has 0 aliphatic carbocycles. The third-order valence-electron chi connectivity index (χ3n) is 3.77. The second-order valence-corrected chi connectivity index (χ2v) is 6.33. The van der Waals surface area contributed by atoms with Crippen molar-refractivity contribution >= 4 is 23.2 Å². The molecule has 7 heteroatoms. The van der Waals surface area contributed by atoms with Gasteiger partial charge >= 0.3 is 0 Å². The Morgan fingerprint density at radius 2 is 2.48 bits per heavy atom. The molecule has 1 amide bonds. The number of nitrogens with zero attached hydrogens (tertiary/aromatic N) is 3. The molecule has 116 valence electrons. The van der Waals surface area contributed by atoms with E-state index in [1.807, 2.05) is 12.4 Å². The zero-order chi connectivity index (χ0) is 15.2. The fraction of sp³-hybridized carbons (Fsp3) is 0.643. The van der Waals surface area contributed by atoms with E-state index >= 15 is 0 Å². The number of hydrogen-bond acceptors (Lipinski definition) is 4. The number of aromatic nitrogens is 1. The minimum Gasteiger partial charge on any atom is -0.370 e. The first-order valence-corrected chi connectivity index (χ1v) is 8.11. The Morgan fingerprint density at radius 3 is 3.10 bits per heavy atom. The lowest BCUT2D eigenvalue weighted by molar-refractivity contribution is -0.119. The Bertz CT molecular complexity index is 513. The number of carbonyl (C=O) groups is 1. The monoisotopic (exact) mass is 309 g/mol. The molecule has 0 bridgehead atoms. The van der Waals surface area contributed by atoms with Crippen molar-refractivity contribution in [3.8, 4) is 0 Å². The molecule has 3 N–H and O–H groups in total. The zero-order valence-corrected chi connectivity index (χ0v) is 13.4. The molecule has 1 atom stereocenters. The van der Waals surface area contributed by atoms with E-state index in [0.717, 1.165) is 44.1 Å². The largest absolute Gasteiger partial charge is 0.370 e. The van der Waals surface area contributed by atoms with Crippen LogP contribution in [0, 0.1) is 12.8 Å². The lowest BCUT2D eigenvalue weighted by Gasteiger charge is -2.34. The highest BCUT2D eigenvalue weighted by Gasteiger charge is 2.23. The summed E-state index contributed by atoms with van der Waals surface area (Å²) in [4.78, 5) is 23.1. The number of piperidine rings is 1. The van der Waals surface area contributed by atoms with Gasteiger partial charge in [-0.3, -0.25) is 9.79 Å². The third kappa shape index (κ3) is 4.42. The van der Waals surface area contributed by atoms with Crippen LogP contribution < -0.4 is 11.1 Å². The average Bonchev–Trinajstić information content (AvgIpc) is 2.85. The smallest absolute Gasteiger partial charge is 0.217 e. The molecular formula is C14H23N5OS. The number of hydrogen-bond donors (Lipinski definition) is 2. The van der Waals surface area contributed by atoms with Gasteiger partial charge in [-0.05, 0) is 25.7 Å². The molecule has 1 unspecified atom stereocenters. The Labute approximate surface area is 129 Å². The van der Waals surface area contributed by atoms with Crippen LogP contribution in [0.5, 0.6) is 0 Å². The molecule has 0 spiro atoms. The van der Waals surface area contributed by atoms with Crippen molar-refractivity contribution in [2.45, 2.75) is 32.7 Å². The minimum atomic E-state index is -0.218. The molecule has 1 aliphatic rings. The van der Waals surface area contributed by atoms with Gasteiger partial charge in [-0.1, -0.05) is 0 Å². The summed E-state index contributed by atoms with van der Waals surface area (Å²) < 4.78 is 0. The number of rotatable bonds is 4. The number of aryl methyl sites for hydroxylation is 1. The summed E-state index contributed by atoms with van der Waals surface area (Å²) in [6, 6.07) is 0. The first kappa shape index (κ1) is 15.8. The highest BCUT2D eigenvalue weighted by molar-refractivity contribution is 7.09. The number of amides is 1. The highest BCUT2D eigenvalue weighted by Crippen LogP contribution is 2.19.